The molecule has 0 aliphatic heterocycles. The van der Waals surface area contributed by atoms with Crippen LogP contribution in [0.25, 0.3) is 0 Å². The van der Waals surface area contributed by atoms with E-state index in [1.165, 1.54) is 6.42 Å². The van der Waals surface area contributed by atoms with Gasteiger partial charge in [-0.25, -0.2) is 0 Å². The van der Waals surface area contributed by atoms with Gasteiger partial charge in [0.05, 0.1) is 0 Å². The molecule has 2 aliphatic rings. The molecular formula is C8H10O. The molecule has 2 unspecified atom stereocenters. The van der Waals surface area contributed by atoms with Crippen LogP contribution < -0.4 is 0 Å². The summed E-state index contributed by atoms with van der Waals surface area (Å²) in [5.74, 6) is 1.52. The first-order chi connectivity index (χ1) is 4.38. The maximum absolute atomic E-state index is 11.0. The minimum Gasteiger partial charge on any atom is -0.299 e. The quantitative estimate of drug-likeness (QED) is 0.445. The van der Waals surface area contributed by atoms with E-state index in [0.29, 0.717) is 24.0 Å². The van der Waals surface area contributed by atoms with Gasteiger partial charge in [-0.05, 0) is 18.8 Å². The minimum absolute atomic E-state index is 0.426. The SMILES string of the molecule is O=C1CC=CC2CCC12. The molecule has 2 aliphatic carbocycles. The van der Waals surface area contributed by atoms with Crippen molar-refractivity contribution in [3.05, 3.63) is 12.2 Å². The predicted octanol–water partition coefficient (Wildman–Crippen LogP) is 1.54. The van der Waals surface area contributed by atoms with Crippen LogP contribution in [-0.2, 0) is 4.79 Å². The second-order valence-electron chi connectivity index (χ2n) is 2.95. The van der Waals surface area contributed by atoms with Gasteiger partial charge in [-0.2, -0.15) is 0 Å². The van der Waals surface area contributed by atoms with Crippen LogP contribution in [0.5, 0.6) is 0 Å². The summed E-state index contributed by atoms with van der Waals surface area (Å²) in [6.45, 7) is 0. The molecule has 2 rings (SSSR count). The molecule has 1 saturated carbocycles. The van der Waals surface area contributed by atoms with Crippen molar-refractivity contribution >= 4 is 5.78 Å². The molecule has 0 saturated heterocycles. The second kappa shape index (κ2) is 1.69. The highest BCUT2D eigenvalue weighted by Crippen LogP contribution is 2.39. The van der Waals surface area contributed by atoms with Gasteiger partial charge in [-0.3, -0.25) is 4.79 Å². The Kier molecular flexibility index (Phi) is 0.981. The molecule has 0 aromatic carbocycles. The monoisotopic (exact) mass is 122 g/mol. The van der Waals surface area contributed by atoms with Gasteiger partial charge in [0.1, 0.15) is 5.78 Å². The van der Waals surface area contributed by atoms with Crippen LogP contribution in [0.3, 0.4) is 0 Å². The number of Topliss-reactive ketones (excluding diaryl/α,β-unsaturated/α-hetero) is 1. The molecule has 0 amide bonds. The van der Waals surface area contributed by atoms with Gasteiger partial charge in [-0.15, -0.1) is 0 Å². The van der Waals surface area contributed by atoms with Gasteiger partial charge in [0.2, 0.25) is 0 Å². The van der Waals surface area contributed by atoms with Crippen LogP contribution in [0.1, 0.15) is 19.3 Å². The zero-order valence-corrected chi connectivity index (χ0v) is 5.34. The van der Waals surface area contributed by atoms with E-state index >= 15 is 0 Å². The Morgan fingerprint density at radius 3 is 2.78 bits per heavy atom. The Morgan fingerprint density at radius 1 is 1.44 bits per heavy atom. The molecule has 0 spiro atoms. The van der Waals surface area contributed by atoms with Crippen LogP contribution in [0, 0.1) is 11.8 Å². The van der Waals surface area contributed by atoms with E-state index in [1.807, 2.05) is 6.08 Å². The molecule has 2 atom stereocenters. The van der Waals surface area contributed by atoms with Gasteiger partial charge in [0.25, 0.3) is 0 Å². The number of hydrogen-bond acceptors (Lipinski definition) is 1. The minimum atomic E-state index is 0.426. The number of fused-ring (bicyclic) bond motifs is 1. The first-order valence-electron chi connectivity index (χ1n) is 3.57. The van der Waals surface area contributed by atoms with Crippen molar-refractivity contribution in [2.24, 2.45) is 11.8 Å². The van der Waals surface area contributed by atoms with E-state index in [1.54, 1.807) is 0 Å². The molecule has 1 heteroatoms. The molecular weight excluding hydrogens is 112 g/mol. The summed E-state index contributed by atoms with van der Waals surface area (Å²) in [4.78, 5) is 11.0. The van der Waals surface area contributed by atoms with Gasteiger partial charge >= 0.3 is 0 Å². The maximum Gasteiger partial charge on any atom is 0.140 e. The molecule has 9 heavy (non-hydrogen) atoms. The highest BCUT2D eigenvalue weighted by molar-refractivity contribution is 5.84. The van der Waals surface area contributed by atoms with Crippen LogP contribution >= 0.6 is 0 Å². The van der Waals surface area contributed by atoms with E-state index in [9.17, 15) is 4.79 Å². The largest absolute Gasteiger partial charge is 0.299 e. The summed E-state index contributed by atoms with van der Waals surface area (Å²) in [6, 6.07) is 0. The summed E-state index contributed by atoms with van der Waals surface area (Å²) < 4.78 is 0. The predicted molar refractivity (Wildman–Crippen MR) is 35.0 cm³/mol. The lowest BCUT2D eigenvalue weighted by atomic mass is 9.68. The first-order valence-corrected chi connectivity index (χ1v) is 3.57. The molecule has 48 valence electrons. The van der Waals surface area contributed by atoms with Crippen molar-refractivity contribution in [2.45, 2.75) is 19.3 Å². The number of carbonyl (C=O) groups excluding carboxylic acids is 1. The fourth-order valence-corrected chi connectivity index (χ4v) is 1.67. The van der Waals surface area contributed by atoms with Crippen molar-refractivity contribution in [2.75, 3.05) is 0 Å². The van der Waals surface area contributed by atoms with E-state index in [-0.39, 0.29) is 0 Å². The molecule has 0 aromatic heterocycles. The van der Waals surface area contributed by atoms with Crippen molar-refractivity contribution in [3.63, 3.8) is 0 Å². The standard InChI is InChI=1S/C8H10O/c9-8-3-1-2-6-4-5-7(6)8/h1-2,6-7H,3-5H2. The van der Waals surface area contributed by atoms with Gasteiger partial charge in [0.15, 0.2) is 0 Å². The maximum atomic E-state index is 11.0. The highest BCUT2D eigenvalue weighted by Gasteiger charge is 2.35. The Bertz CT molecular complexity index is 169. The molecule has 1 fully saturated rings. The summed E-state index contributed by atoms with van der Waals surface area (Å²) >= 11 is 0. The van der Waals surface area contributed by atoms with Crippen LogP contribution in [-0.4, -0.2) is 5.78 Å². The first kappa shape index (κ1) is 5.21. The van der Waals surface area contributed by atoms with Crippen molar-refractivity contribution in [1.82, 2.24) is 0 Å². The fraction of sp³-hybridized carbons (Fsp3) is 0.625. The van der Waals surface area contributed by atoms with Gasteiger partial charge in [-0.1, -0.05) is 12.2 Å². The van der Waals surface area contributed by atoms with E-state index < -0.39 is 0 Å². The fourth-order valence-electron chi connectivity index (χ4n) is 1.67. The number of ketones is 1. The number of carbonyl (C=O) groups is 1. The third kappa shape index (κ3) is 0.640. The van der Waals surface area contributed by atoms with Crippen molar-refractivity contribution in [3.8, 4) is 0 Å². The Hall–Kier alpha value is -0.590. The van der Waals surface area contributed by atoms with Crippen molar-refractivity contribution < 1.29 is 4.79 Å². The molecule has 0 N–H and O–H groups in total. The Labute approximate surface area is 54.8 Å². The number of rotatable bonds is 0. The molecule has 0 heterocycles. The van der Waals surface area contributed by atoms with Crippen LogP contribution in [0.4, 0.5) is 0 Å². The van der Waals surface area contributed by atoms with Crippen molar-refractivity contribution in [1.29, 1.82) is 0 Å². The molecule has 1 nitrogen and oxygen atoms in total. The number of allylic oxidation sites excluding steroid dienone is 2. The second-order valence-corrected chi connectivity index (χ2v) is 2.95. The highest BCUT2D eigenvalue weighted by atomic mass is 16.1. The van der Waals surface area contributed by atoms with Crippen LogP contribution in [0.15, 0.2) is 12.2 Å². The summed E-state index contributed by atoms with van der Waals surface area (Å²) in [6.07, 6.45) is 7.31. The lowest BCUT2D eigenvalue weighted by Gasteiger charge is -2.35. The number of hydrogen-bond donors (Lipinski definition) is 0. The van der Waals surface area contributed by atoms with Gasteiger partial charge < -0.3 is 0 Å². The average molecular weight is 122 g/mol. The Balaban J connectivity index is 2.20. The molecule has 0 radical (unpaired) electrons. The Morgan fingerprint density at radius 2 is 2.33 bits per heavy atom. The average Bonchev–Trinajstić information content (AvgIpc) is 1.74. The zero-order valence-electron chi connectivity index (χ0n) is 5.34. The third-order valence-electron chi connectivity index (χ3n) is 2.44. The lowest BCUT2D eigenvalue weighted by Crippen LogP contribution is -2.33. The topological polar surface area (TPSA) is 17.1 Å². The van der Waals surface area contributed by atoms with Crippen LogP contribution in [0.2, 0.25) is 0 Å². The summed E-state index contributed by atoms with van der Waals surface area (Å²) in [5.41, 5.74) is 0. The van der Waals surface area contributed by atoms with E-state index in [2.05, 4.69) is 6.08 Å². The van der Waals surface area contributed by atoms with E-state index in [4.69, 9.17) is 0 Å². The molecule has 0 bridgehead atoms. The normalized spacial score (nSPS) is 39.8. The smallest absolute Gasteiger partial charge is 0.140 e. The third-order valence-corrected chi connectivity index (χ3v) is 2.44. The summed E-state index contributed by atoms with van der Waals surface area (Å²) in [5, 5.41) is 0. The van der Waals surface area contributed by atoms with Gasteiger partial charge in [0, 0.05) is 12.3 Å². The van der Waals surface area contributed by atoms with E-state index in [0.717, 1.165) is 6.42 Å². The zero-order chi connectivity index (χ0) is 6.27. The molecule has 0 aromatic rings. The lowest BCUT2D eigenvalue weighted by molar-refractivity contribution is -0.126. The summed E-state index contributed by atoms with van der Waals surface area (Å²) in [7, 11) is 0.